The standard InChI is InChI=1S/C5H5.3C3H5.Pt/c1-2-4-5-3-1;3*1-3-2;/h1-5H;3*3H,1-2H2;. The summed E-state index contributed by atoms with van der Waals surface area (Å²) in [5, 5.41) is 0. The summed E-state index contributed by atoms with van der Waals surface area (Å²) in [5.74, 6) is 0. The van der Waals surface area contributed by atoms with E-state index in [2.05, 4.69) is 62.3 Å². The summed E-state index contributed by atoms with van der Waals surface area (Å²) in [6.45, 7) is 11.7. The Kier molecular flexibility index (Phi) is 5.05. The molecule has 0 radical (unpaired) electrons. The van der Waals surface area contributed by atoms with Gasteiger partial charge in [-0.25, -0.2) is 0 Å². The maximum atomic E-state index is 3.91. The second-order valence-electron chi connectivity index (χ2n) is 3.29. The van der Waals surface area contributed by atoms with Gasteiger partial charge in [0.15, 0.2) is 0 Å². The molecular weight excluding hydrogens is 363 g/mol. The van der Waals surface area contributed by atoms with Gasteiger partial charge in [0.1, 0.15) is 0 Å². The van der Waals surface area contributed by atoms with Gasteiger partial charge >= 0.3 is 97.1 Å². The summed E-state index contributed by atoms with van der Waals surface area (Å²) in [4.78, 5) is 3.55. The zero-order valence-corrected chi connectivity index (χ0v) is 11.4. The molecule has 1 aliphatic rings. The van der Waals surface area contributed by atoms with Gasteiger partial charge in [-0.3, -0.25) is 0 Å². The Balaban J connectivity index is 2.92. The van der Waals surface area contributed by atoms with E-state index in [0.29, 0.717) is 4.31 Å². The third-order valence-electron chi connectivity index (χ3n) is 2.17. The first-order valence-corrected chi connectivity index (χ1v) is 11.1. The van der Waals surface area contributed by atoms with E-state index in [1.807, 2.05) is 0 Å². The molecule has 1 rings (SSSR count). The molecule has 0 amide bonds. The number of hydrogen-bond acceptors (Lipinski definition) is 0. The first-order chi connectivity index (χ1) is 7.29. The van der Waals surface area contributed by atoms with Crippen molar-refractivity contribution in [1.29, 1.82) is 0 Å². The van der Waals surface area contributed by atoms with Gasteiger partial charge in [-0.05, 0) is 0 Å². The average Bonchev–Trinajstić information content (AvgIpc) is 2.72. The molecule has 0 saturated heterocycles. The molecule has 1 aliphatic carbocycles. The molecule has 0 bridgehead atoms. The summed E-state index contributed by atoms with van der Waals surface area (Å²) in [7, 11) is 0. The number of allylic oxidation sites excluding steroid dienone is 7. The van der Waals surface area contributed by atoms with Crippen LogP contribution >= 0.6 is 0 Å². The Morgan fingerprint density at radius 2 is 1.27 bits per heavy atom. The maximum absolute atomic E-state index is 3.91. The summed E-state index contributed by atoms with van der Waals surface area (Å²) < 4.78 is 0.673. The van der Waals surface area contributed by atoms with Crippen molar-refractivity contribution in [1.82, 2.24) is 0 Å². The Bertz CT molecular complexity index is 258. The van der Waals surface area contributed by atoms with Crippen LogP contribution in [0.4, 0.5) is 0 Å². The van der Waals surface area contributed by atoms with E-state index in [9.17, 15) is 0 Å². The molecule has 0 heterocycles. The van der Waals surface area contributed by atoms with Crippen LogP contribution in [0, 0.1) is 0 Å². The quantitative estimate of drug-likeness (QED) is 0.551. The van der Waals surface area contributed by atoms with Gasteiger partial charge in [-0.1, -0.05) is 0 Å². The van der Waals surface area contributed by atoms with Crippen molar-refractivity contribution < 1.29 is 16.1 Å². The van der Waals surface area contributed by atoms with E-state index >= 15 is 0 Å². The van der Waals surface area contributed by atoms with Gasteiger partial charge in [0, 0.05) is 0 Å². The Morgan fingerprint density at radius 3 is 1.60 bits per heavy atom. The Hall–Kier alpha value is -0.612. The zero-order chi connectivity index (χ0) is 11.1. The van der Waals surface area contributed by atoms with E-state index in [1.165, 1.54) is 14.4 Å². The fraction of sp³-hybridized carbons (Fsp3) is 0.286. The van der Waals surface area contributed by atoms with Crippen molar-refractivity contribution in [3.63, 3.8) is 0 Å². The van der Waals surface area contributed by atoms with E-state index in [4.69, 9.17) is 0 Å². The van der Waals surface area contributed by atoms with Crippen LogP contribution in [0.1, 0.15) is 0 Å². The van der Waals surface area contributed by atoms with Crippen LogP contribution in [0.3, 0.4) is 0 Å². The van der Waals surface area contributed by atoms with Gasteiger partial charge in [0.05, 0.1) is 0 Å². The van der Waals surface area contributed by atoms with Crippen LogP contribution in [0.25, 0.3) is 0 Å². The van der Waals surface area contributed by atoms with Gasteiger partial charge in [-0.2, -0.15) is 0 Å². The molecule has 0 spiro atoms. The molecule has 15 heavy (non-hydrogen) atoms. The first-order valence-electron chi connectivity index (χ1n) is 4.97. The minimum absolute atomic E-state index is 0.673. The second-order valence-corrected chi connectivity index (χ2v) is 13.8. The van der Waals surface area contributed by atoms with Crippen LogP contribution in [0.5, 0.6) is 0 Å². The second kappa shape index (κ2) is 6.08. The number of hydrogen-bond donors (Lipinski definition) is 0. The van der Waals surface area contributed by atoms with E-state index in [1.54, 1.807) is 0 Å². The molecule has 0 aliphatic heterocycles. The van der Waals surface area contributed by atoms with Crippen LogP contribution in [0.2, 0.25) is 18.7 Å². The summed E-state index contributed by atoms with van der Waals surface area (Å²) in [6, 6.07) is 0. The van der Waals surface area contributed by atoms with Crippen LogP contribution in [0.15, 0.2) is 62.3 Å². The third kappa shape index (κ3) is 2.92. The molecular formula is C14H20Pt. The van der Waals surface area contributed by atoms with Crippen molar-refractivity contribution in [2.24, 2.45) is 0 Å². The van der Waals surface area contributed by atoms with Crippen molar-refractivity contribution in [2.75, 3.05) is 0 Å². The monoisotopic (exact) mass is 383 g/mol. The van der Waals surface area contributed by atoms with Gasteiger partial charge in [-0.15, -0.1) is 0 Å². The first kappa shape index (κ1) is 12.5. The molecule has 0 atom stereocenters. The number of rotatable bonds is 7. The van der Waals surface area contributed by atoms with Gasteiger partial charge < -0.3 is 0 Å². The molecule has 0 saturated carbocycles. The average molecular weight is 383 g/mol. The molecule has 0 nitrogen and oxygen atoms in total. The molecule has 0 aromatic rings. The van der Waals surface area contributed by atoms with E-state index in [-0.39, 0.29) is 0 Å². The van der Waals surface area contributed by atoms with Crippen LogP contribution < -0.4 is 0 Å². The SMILES string of the molecule is C=C[CH2][Pt]([CH2]C=C)([CH2]C=C)[CH]1C=CC=C1. The van der Waals surface area contributed by atoms with E-state index < -0.39 is 16.1 Å². The molecule has 0 N–H and O–H groups in total. The summed E-state index contributed by atoms with van der Waals surface area (Å²) in [5.41, 5.74) is 0. The summed E-state index contributed by atoms with van der Waals surface area (Å²) in [6.07, 6.45) is 15.3. The van der Waals surface area contributed by atoms with Crippen LogP contribution in [-0.4, -0.2) is 0 Å². The topological polar surface area (TPSA) is 0 Å². The fourth-order valence-corrected chi connectivity index (χ4v) is 10.9. The summed E-state index contributed by atoms with van der Waals surface area (Å²) >= 11 is -1.87. The fourth-order valence-electron chi connectivity index (χ4n) is 1.61. The van der Waals surface area contributed by atoms with Gasteiger partial charge in [0.2, 0.25) is 0 Å². The van der Waals surface area contributed by atoms with Crippen molar-refractivity contribution in [3.8, 4) is 0 Å². The van der Waals surface area contributed by atoms with Crippen molar-refractivity contribution >= 4 is 0 Å². The van der Waals surface area contributed by atoms with Crippen molar-refractivity contribution in [3.05, 3.63) is 62.3 Å². The predicted molar refractivity (Wildman–Crippen MR) is 67.0 cm³/mol. The van der Waals surface area contributed by atoms with Crippen molar-refractivity contribution in [2.45, 2.75) is 18.7 Å². The van der Waals surface area contributed by atoms with E-state index in [0.717, 1.165) is 0 Å². The molecule has 1 heteroatoms. The Morgan fingerprint density at radius 1 is 0.867 bits per heavy atom. The normalized spacial score (nSPS) is 16.5. The van der Waals surface area contributed by atoms with Gasteiger partial charge in [0.25, 0.3) is 0 Å². The molecule has 0 aromatic heterocycles. The predicted octanol–water partition coefficient (Wildman–Crippen LogP) is 4.87. The molecule has 0 aromatic carbocycles. The Labute approximate surface area is 97.0 Å². The zero-order valence-electron chi connectivity index (χ0n) is 9.18. The van der Waals surface area contributed by atoms with Crippen LogP contribution in [-0.2, 0) is 16.1 Å². The molecule has 0 fully saturated rings. The minimum atomic E-state index is -1.87. The molecule has 86 valence electrons. The molecule has 0 unspecified atom stereocenters. The third-order valence-corrected chi connectivity index (χ3v) is 13.8.